The van der Waals surface area contributed by atoms with Crippen LogP contribution in [0, 0.1) is 0 Å². The molecule has 6 heteroatoms. The van der Waals surface area contributed by atoms with Crippen molar-refractivity contribution < 1.29 is 8.42 Å². The van der Waals surface area contributed by atoms with Gasteiger partial charge in [-0.3, -0.25) is 0 Å². The predicted octanol–water partition coefficient (Wildman–Crippen LogP) is 2.10. The van der Waals surface area contributed by atoms with Crippen LogP contribution in [-0.2, 0) is 15.6 Å². The molecule has 2 aromatic rings. The van der Waals surface area contributed by atoms with E-state index in [1.54, 1.807) is 12.1 Å². The number of nitrogens with zero attached hydrogens (tertiary/aromatic N) is 2. The highest BCUT2D eigenvalue weighted by Gasteiger charge is 2.15. The van der Waals surface area contributed by atoms with Crippen molar-refractivity contribution in [2.24, 2.45) is 0 Å². The summed E-state index contributed by atoms with van der Waals surface area (Å²) >= 11 is 5.71. The molecule has 17 heavy (non-hydrogen) atoms. The van der Waals surface area contributed by atoms with Crippen molar-refractivity contribution in [1.82, 2.24) is 9.97 Å². The van der Waals surface area contributed by atoms with E-state index in [1.165, 1.54) is 30.9 Å². The fourth-order valence-electron chi connectivity index (χ4n) is 1.35. The Bertz CT molecular complexity index is 597. The Hall–Kier alpha value is -1.46. The second-order valence-corrected chi connectivity index (χ2v) is 5.89. The minimum atomic E-state index is -3.37. The van der Waals surface area contributed by atoms with Gasteiger partial charge in [-0.25, -0.2) is 18.4 Å². The molecule has 0 aliphatic carbocycles. The molecular formula is C11H9ClN2O2S. The van der Waals surface area contributed by atoms with Crippen LogP contribution in [-0.4, -0.2) is 18.4 Å². The number of hydrogen-bond acceptors (Lipinski definition) is 4. The largest absolute Gasteiger partial charge is 0.245 e. The van der Waals surface area contributed by atoms with Crippen LogP contribution in [0.5, 0.6) is 0 Å². The van der Waals surface area contributed by atoms with E-state index in [1.807, 2.05) is 0 Å². The molecule has 88 valence electrons. The molecule has 1 aromatic heterocycles. The van der Waals surface area contributed by atoms with E-state index in [2.05, 4.69) is 9.97 Å². The summed E-state index contributed by atoms with van der Waals surface area (Å²) in [6.45, 7) is 0. The lowest BCUT2D eigenvalue weighted by molar-refractivity contribution is 0.595. The summed E-state index contributed by atoms with van der Waals surface area (Å²) in [5.41, 5.74) is 0.558. The van der Waals surface area contributed by atoms with Gasteiger partial charge in [0.1, 0.15) is 6.33 Å². The van der Waals surface area contributed by atoms with Crippen molar-refractivity contribution in [1.29, 1.82) is 0 Å². The van der Waals surface area contributed by atoms with E-state index in [9.17, 15) is 8.42 Å². The summed E-state index contributed by atoms with van der Waals surface area (Å²) in [5, 5.41) is 0.506. The molecule has 0 N–H and O–H groups in total. The number of halogens is 1. The normalized spacial score (nSPS) is 11.4. The van der Waals surface area contributed by atoms with Crippen LogP contribution >= 0.6 is 11.6 Å². The molecule has 1 heterocycles. The lowest BCUT2D eigenvalue weighted by Crippen LogP contribution is -2.05. The zero-order valence-electron chi connectivity index (χ0n) is 8.75. The summed E-state index contributed by atoms with van der Waals surface area (Å²) in [6.07, 6.45) is 4.33. The van der Waals surface area contributed by atoms with Crippen LogP contribution in [0.25, 0.3) is 0 Å². The molecule has 2 rings (SSSR count). The maximum Gasteiger partial charge on any atom is 0.182 e. The van der Waals surface area contributed by atoms with Gasteiger partial charge in [0.25, 0.3) is 0 Å². The highest BCUT2D eigenvalue weighted by molar-refractivity contribution is 7.90. The van der Waals surface area contributed by atoms with Gasteiger partial charge in [-0.15, -0.1) is 0 Å². The van der Waals surface area contributed by atoms with Crippen molar-refractivity contribution in [3.63, 3.8) is 0 Å². The topological polar surface area (TPSA) is 59.9 Å². The van der Waals surface area contributed by atoms with E-state index >= 15 is 0 Å². The average Bonchev–Trinajstić information content (AvgIpc) is 2.30. The van der Waals surface area contributed by atoms with Gasteiger partial charge in [0, 0.05) is 23.0 Å². The van der Waals surface area contributed by atoms with Crippen LogP contribution in [0.2, 0.25) is 5.02 Å². The SMILES string of the molecule is O=S(=O)(Cc1cncnc1)c1ccc(Cl)cc1. The number of aromatic nitrogens is 2. The third-order valence-corrected chi connectivity index (χ3v) is 4.10. The van der Waals surface area contributed by atoms with E-state index in [4.69, 9.17) is 11.6 Å². The second-order valence-electron chi connectivity index (χ2n) is 3.46. The molecule has 0 amide bonds. The Morgan fingerprint density at radius 2 is 1.65 bits per heavy atom. The van der Waals surface area contributed by atoms with Crippen molar-refractivity contribution in [3.8, 4) is 0 Å². The molecule has 0 saturated carbocycles. The molecule has 0 radical (unpaired) electrons. The molecule has 0 saturated heterocycles. The lowest BCUT2D eigenvalue weighted by atomic mass is 10.4. The molecule has 0 unspecified atom stereocenters. The Morgan fingerprint density at radius 1 is 1.06 bits per heavy atom. The zero-order chi connectivity index (χ0) is 12.3. The van der Waals surface area contributed by atoms with Crippen molar-refractivity contribution in [2.75, 3.05) is 0 Å². The van der Waals surface area contributed by atoms with Gasteiger partial charge < -0.3 is 0 Å². The molecular weight excluding hydrogens is 260 g/mol. The Kier molecular flexibility index (Phi) is 3.40. The van der Waals surface area contributed by atoms with Crippen LogP contribution in [0.1, 0.15) is 5.56 Å². The van der Waals surface area contributed by atoms with Gasteiger partial charge in [-0.2, -0.15) is 0 Å². The van der Waals surface area contributed by atoms with Gasteiger partial charge in [-0.1, -0.05) is 11.6 Å². The fraction of sp³-hybridized carbons (Fsp3) is 0.0909. The maximum absolute atomic E-state index is 12.0. The summed E-state index contributed by atoms with van der Waals surface area (Å²) in [4.78, 5) is 7.80. The summed E-state index contributed by atoms with van der Waals surface area (Å²) in [7, 11) is -3.37. The van der Waals surface area contributed by atoms with Gasteiger partial charge in [-0.05, 0) is 24.3 Å². The minimum Gasteiger partial charge on any atom is -0.245 e. The van der Waals surface area contributed by atoms with E-state index in [-0.39, 0.29) is 10.6 Å². The molecule has 0 bridgehead atoms. The third-order valence-electron chi connectivity index (χ3n) is 2.14. The predicted molar refractivity (Wildman–Crippen MR) is 64.4 cm³/mol. The minimum absolute atomic E-state index is 0.116. The Balaban J connectivity index is 2.29. The number of benzene rings is 1. The van der Waals surface area contributed by atoms with E-state index < -0.39 is 9.84 Å². The highest BCUT2D eigenvalue weighted by Crippen LogP contribution is 2.18. The lowest BCUT2D eigenvalue weighted by Gasteiger charge is -2.03. The highest BCUT2D eigenvalue weighted by atomic mass is 35.5. The molecule has 0 aliphatic heterocycles. The molecule has 0 spiro atoms. The summed E-state index contributed by atoms with van der Waals surface area (Å²) < 4.78 is 24.0. The Morgan fingerprint density at radius 3 is 2.24 bits per heavy atom. The summed E-state index contributed by atoms with van der Waals surface area (Å²) in [5.74, 6) is -0.116. The molecule has 0 aliphatic rings. The Labute approximate surface area is 104 Å². The fourth-order valence-corrected chi connectivity index (χ4v) is 2.78. The first kappa shape index (κ1) is 12.0. The number of sulfone groups is 1. The molecule has 0 fully saturated rings. The number of hydrogen-bond donors (Lipinski definition) is 0. The summed E-state index contributed by atoms with van der Waals surface area (Å²) in [6, 6.07) is 6.08. The first-order chi connectivity index (χ1) is 8.08. The van der Waals surface area contributed by atoms with Gasteiger partial charge in [0.05, 0.1) is 10.6 Å². The second kappa shape index (κ2) is 4.81. The molecule has 0 atom stereocenters. The maximum atomic E-state index is 12.0. The van der Waals surface area contributed by atoms with Gasteiger partial charge in [0.2, 0.25) is 0 Å². The third kappa shape index (κ3) is 3.01. The van der Waals surface area contributed by atoms with Crippen LogP contribution in [0.4, 0.5) is 0 Å². The quantitative estimate of drug-likeness (QED) is 0.855. The van der Waals surface area contributed by atoms with Gasteiger partial charge in [0.15, 0.2) is 9.84 Å². The molecule has 4 nitrogen and oxygen atoms in total. The van der Waals surface area contributed by atoms with Crippen LogP contribution in [0.15, 0.2) is 47.9 Å². The van der Waals surface area contributed by atoms with E-state index in [0.717, 1.165) is 0 Å². The zero-order valence-corrected chi connectivity index (χ0v) is 10.3. The number of rotatable bonds is 3. The first-order valence-corrected chi connectivity index (χ1v) is 6.83. The average molecular weight is 269 g/mol. The van der Waals surface area contributed by atoms with Crippen molar-refractivity contribution in [3.05, 3.63) is 53.6 Å². The smallest absolute Gasteiger partial charge is 0.182 e. The van der Waals surface area contributed by atoms with Crippen LogP contribution in [0.3, 0.4) is 0 Å². The van der Waals surface area contributed by atoms with Crippen molar-refractivity contribution in [2.45, 2.75) is 10.6 Å². The van der Waals surface area contributed by atoms with Crippen molar-refractivity contribution >= 4 is 21.4 Å². The standard InChI is InChI=1S/C11H9ClN2O2S/c12-10-1-3-11(4-2-10)17(15,16)7-9-5-13-8-14-6-9/h1-6,8H,7H2. The molecule has 1 aromatic carbocycles. The van der Waals surface area contributed by atoms with Gasteiger partial charge >= 0.3 is 0 Å². The van der Waals surface area contributed by atoms with E-state index in [0.29, 0.717) is 10.6 Å². The first-order valence-electron chi connectivity index (χ1n) is 4.80. The van der Waals surface area contributed by atoms with Crippen LogP contribution < -0.4 is 0 Å². The monoisotopic (exact) mass is 268 g/mol.